The Morgan fingerprint density at radius 2 is 0.900 bits per heavy atom. The second kappa shape index (κ2) is 18.5. The van der Waals surface area contributed by atoms with Crippen molar-refractivity contribution in [3.63, 3.8) is 0 Å². The predicted octanol–water partition coefficient (Wildman–Crippen LogP) is 9.63. The number of hydrogen-bond acceptors (Lipinski definition) is 7. The van der Waals surface area contributed by atoms with Crippen molar-refractivity contribution in [2.45, 2.75) is 19.3 Å². The number of para-hydroxylation sites is 7. The summed E-state index contributed by atoms with van der Waals surface area (Å²) in [5.74, 6) is 6.31. The average molecular weight is 669 g/mol. The van der Waals surface area contributed by atoms with Gasteiger partial charge >= 0.3 is 0 Å². The maximum Gasteiger partial charge on any atom is 0.169 e. The van der Waals surface area contributed by atoms with E-state index < -0.39 is 0 Å². The van der Waals surface area contributed by atoms with E-state index in [9.17, 15) is 0 Å². The minimum atomic E-state index is 0.664. The van der Waals surface area contributed by atoms with Gasteiger partial charge < -0.3 is 33.2 Å². The zero-order valence-electron chi connectivity index (χ0n) is 27.8. The highest BCUT2D eigenvalue weighted by Gasteiger charge is 2.09. The van der Waals surface area contributed by atoms with E-state index in [4.69, 9.17) is 33.2 Å². The van der Waals surface area contributed by atoms with E-state index in [1.165, 1.54) is 35.6 Å². The molecule has 254 valence electrons. The normalized spacial score (nSPS) is 14.3. The molecule has 5 heterocycles. The molecule has 0 spiro atoms. The quantitative estimate of drug-likeness (QED) is 0.163. The number of allylic oxidation sites excluding steroid dienone is 1. The zero-order valence-corrected chi connectivity index (χ0v) is 27.8. The van der Waals surface area contributed by atoms with E-state index in [1.54, 1.807) is 6.26 Å². The lowest BCUT2D eigenvalue weighted by atomic mass is 10.1. The van der Waals surface area contributed by atoms with Crippen molar-refractivity contribution in [1.29, 1.82) is 0 Å². The second-order valence-corrected chi connectivity index (χ2v) is 11.2. The molecule has 5 aliphatic rings. The highest BCUT2D eigenvalue weighted by atomic mass is 16.6. The van der Waals surface area contributed by atoms with Crippen LogP contribution in [-0.4, -0.2) is 26.4 Å². The van der Waals surface area contributed by atoms with Crippen LogP contribution in [0.2, 0.25) is 0 Å². The number of ether oxygens (including phenoxy) is 7. The smallest absolute Gasteiger partial charge is 0.169 e. The molecule has 10 rings (SSSR count). The van der Waals surface area contributed by atoms with Gasteiger partial charge in [-0.3, -0.25) is 0 Å². The van der Waals surface area contributed by atoms with Gasteiger partial charge in [-0.05, 0) is 85.0 Å². The molecule has 0 radical (unpaired) electrons. The lowest BCUT2D eigenvalue weighted by Gasteiger charge is -2.17. The maximum absolute atomic E-state index is 5.42. The first kappa shape index (κ1) is 33.8. The number of hydrogen-bond donors (Lipinski definition) is 0. The standard InChI is InChI=1S/C9H10O.2C9H8O.C8H8O2.C8H6O2/c3*1-2-6-9-8(4-1)5-3-7-10-9;2*1-2-4-8-7(3-1)9-5-6-10-8/h1-2,4,6H,3,5,7H2;1-4,6-7H,5H2;1-6H,7H2;1-4H,5-6H2;1-6H. The third-order valence-corrected chi connectivity index (χ3v) is 7.72. The van der Waals surface area contributed by atoms with Crippen LogP contribution in [0.4, 0.5) is 0 Å². The van der Waals surface area contributed by atoms with Crippen LogP contribution in [0.3, 0.4) is 0 Å². The van der Waals surface area contributed by atoms with E-state index in [0.29, 0.717) is 19.8 Å². The molecule has 5 aromatic rings. The van der Waals surface area contributed by atoms with Crippen LogP contribution < -0.4 is 33.2 Å². The van der Waals surface area contributed by atoms with Gasteiger partial charge in [-0.25, -0.2) is 0 Å². The van der Waals surface area contributed by atoms with E-state index in [-0.39, 0.29) is 0 Å². The van der Waals surface area contributed by atoms with Crippen molar-refractivity contribution >= 4 is 6.08 Å². The van der Waals surface area contributed by atoms with Crippen LogP contribution in [0.25, 0.3) is 6.08 Å². The Morgan fingerprint density at radius 1 is 0.380 bits per heavy atom. The van der Waals surface area contributed by atoms with Gasteiger partial charge in [0.25, 0.3) is 0 Å². The molecule has 0 unspecified atom stereocenters. The summed E-state index contributed by atoms with van der Waals surface area (Å²) in [4.78, 5) is 0. The molecule has 0 amide bonds. The summed E-state index contributed by atoms with van der Waals surface area (Å²) in [5, 5.41) is 0. The van der Waals surface area contributed by atoms with E-state index in [1.807, 2.05) is 115 Å². The summed E-state index contributed by atoms with van der Waals surface area (Å²) in [5.41, 5.74) is 3.80. The fraction of sp³-hybridized carbons (Fsp3) is 0.163. The summed E-state index contributed by atoms with van der Waals surface area (Å²) >= 11 is 0. The van der Waals surface area contributed by atoms with Crippen molar-refractivity contribution < 1.29 is 33.2 Å². The van der Waals surface area contributed by atoms with Gasteiger partial charge in [-0.1, -0.05) is 84.9 Å². The van der Waals surface area contributed by atoms with Crippen LogP contribution >= 0.6 is 0 Å². The third-order valence-electron chi connectivity index (χ3n) is 7.72. The first-order valence-corrected chi connectivity index (χ1v) is 16.7. The van der Waals surface area contributed by atoms with Crippen LogP contribution in [0.15, 0.2) is 152 Å². The lowest BCUT2D eigenvalue weighted by Crippen LogP contribution is -2.14. The largest absolute Gasteiger partial charge is 0.493 e. The summed E-state index contributed by atoms with van der Waals surface area (Å²) in [6.45, 7) is 2.92. The highest BCUT2D eigenvalue weighted by Crippen LogP contribution is 2.30. The highest BCUT2D eigenvalue weighted by molar-refractivity contribution is 5.58. The van der Waals surface area contributed by atoms with Crippen molar-refractivity contribution in [3.05, 3.63) is 169 Å². The van der Waals surface area contributed by atoms with Gasteiger partial charge in [0.05, 0.1) is 12.9 Å². The summed E-state index contributed by atoms with van der Waals surface area (Å²) < 4.78 is 36.8. The van der Waals surface area contributed by atoms with Gasteiger partial charge in [0, 0.05) is 5.56 Å². The summed E-state index contributed by atoms with van der Waals surface area (Å²) in [6.07, 6.45) is 14.2. The molecule has 50 heavy (non-hydrogen) atoms. The van der Waals surface area contributed by atoms with Crippen LogP contribution in [0, 0.1) is 0 Å². The van der Waals surface area contributed by atoms with Gasteiger partial charge in [-0.15, -0.1) is 0 Å². The Bertz CT molecular complexity index is 1680. The van der Waals surface area contributed by atoms with E-state index in [0.717, 1.165) is 59.7 Å². The fourth-order valence-corrected chi connectivity index (χ4v) is 5.28. The summed E-state index contributed by atoms with van der Waals surface area (Å²) in [6, 6.07) is 39.6. The van der Waals surface area contributed by atoms with Crippen molar-refractivity contribution in [3.8, 4) is 40.2 Å². The molecule has 0 saturated carbocycles. The lowest BCUT2D eigenvalue weighted by molar-refractivity contribution is 0.171. The van der Waals surface area contributed by atoms with E-state index in [2.05, 4.69) is 24.3 Å². The fourth-order valence-electron chi connectivity index (χ4n) is 5.28. The molecule has 5 aromatic carbocycles. The van der Waals surface area contributed by atoms with E-state index >= 15 is 0 Å². The molecule has 0 aliphatic carbocycles. The molecule has 0 aromatic heterocycles. The number of rotatable bonds is 0. The third kappa shape index (κ3) is 9.97. The molecule has 0 atom stereocenters. The van der Waals surface area contributed by atoms with Crippen LogP contribution in [-0.2, 0) is 12.8 Å². The second-order valence-electron chi connectivity index (χ2n) is 11.2. The Hall–Kier alpha value is -6.08. The molecule has 7 nitrogen and oxygen atoms in total. The Morgan fingerprint density at radius 3 is 1.54 bits per heavy atom. The van der Waals surface area contributed by atoms with Crippen LogP contribution in [0.5, 0.6) is 40.2 Å². The molecular formula is C43H40O7. The number of benzene rings is 5. The Labute approximate surface area is 293 Å². The van der Waals surface area contributed by atoms with Crippen LogP contribution in [0.1, 0.15) is 23.1 Å². The molecule has 0 bridgehead atoms. The predicted molar refractivity (Wildman–Crippen MR) is 195 cm³/mol. The first-order chi connectivity index (χ1) is 24.8. The van der Waals surface area contributed by atoms with Crippen molar-refractivity contribution in [2.24, 2.45) is 0 Å². The van der Waals surface area contributed by atoms with Crippen molar-refractivity contribution in [1.82, 2.24) is 0 Å². The molecule has 5 aliphatic heterocycles. The van der Waals surface area contributed by atoms with Gasteiger partial charge in [-0.2, -0.15) is 0 Å². The first-order valence-electron chi connectivity index (χ1n) is 16.7. The zero-order chi connectivity index (χ0) is 34.1. The Balaban J connectivity index is 0.000000108. The SMILES string of the molecule is C1=COc2ccccc2C1.C1=COc2ccccc2O1.C1=Cc2ccccc2OC1.c1ccc2c(c1)CCCO2.c1ccc2c(c1)OCCO2. The van der Waals surface area contributed by atoms with Gasteiger partial charge in [0.1, 0.15) is 49.6 Å². The monoisotopic (exact) mass is 668 g/mol. The molecule has 0 fully saturated rings. The van der Waals surface area contributed by atoms with Gasteiger partial charge in [0.2, 0.25) is 0 Å². The summed E-state index contributed by atoms with van der Waals surface area (Å²) in [7, 11) is 0. The molecule has 0 N–H and O–H groups in total. The minimum absolute atomic E-state index is 0.664. The van der Waals surface area contributed by atoms with Gasteiger partial charge in [0.15, 0.2) is 23.0 Å². The topological polar surface area (TPSA) is 64.6 Å². The number of fused-ring (bicyclic) bond motifs is 5. The Kier molecular flexibility index (Phi) is 12.5. The maximum atomic E-state index is 5.42. The molecule has 7 heteroatoms. The minimum Gasteiger partial charge on any atom is -0.493 e. The van der Waals surface area contributed by atoms with Crippen molar-refractivity contribution in [2.75, 3.05) is 26.4 Å². The average Bonchev–Trinajstić information content (AvgIpc) is 3.22. The number of aryl methyl sites for hydroxylation is 1. The molecule has 0 saturated heterocycles. The molecular weight excluding hydrogens is 628 g/mol.